The van der Waals surface area contributed by atoms with E-state index in [-0.39, 0.29) is 18.1 Å². The van der Waals surface area contributed by atoms with Gasteiger partial charge in [0, 0.05) is 5.92 Å². The number of aliphatic hydroxyl groups is 2. The van der Waals surface area contributed by atoms with Gasteiger partial charge in [-0.25, -0.2) is 0 Å². The van der Waals surface area contributed by atoms with Crippen LogP contribution in [-0.2, 0) is 9.47 Å². The first-order chi connectivity index (χ1) is 6.93. The maximum absolute atomic E-state index is 9.78. The molecule has 1 fully saturated rings. The lowest BCUT2D eigenvalue weighted by molar-refractivity contribution is -0.207. The van der Waals surface area contributed by atoms with E-state index in [4.69, 9.17) is 9.47 Å². The molecule has 0 aromatic heterocycles. The van der Waals surface area contributed by atoms with Crippen molar-refractivity contribution < 1.29 is 19.7 Å². The number of hydrogen-bond donors (Lipinski definition) is 2. The molecule has 1 aliphatic rings. The van der Waals surface area contributed by atoms with Crippen molar-refractivity contribution in [3.8, 4) is 0 Å². The molecule has 15 heavy (non-hydrogen) atoms. The number of hydrogen-bond acceptors (Lipinski definition) is 4. The molecule has 0 bridgehead atoms. The quantitative estimate of drug-likeness (QED) is 0.726. The summed E-state index contributed by atoms with van der Waals surface area (Å²) in [6.45, 7) is 7.96. The van der Waals surface area contributed by atoms with Crippen LogP contribution in [0, 0.1) is 5.92 Å². The fourth-order valence-corrected chi connectivity index (χ4v) is 1.71. The summed E-state index contributed by atoms with van der Waals surface area (Å²) in [5.41, 5.74) is 0. The van der Waals surface area contributed by atoms with E-state index in [1.54, 1.807) is 0 Å². The van der Waals surface area contributed by atoms with Gasteiger partial charge in [0.25, 0.3) is 0 Å². The minimum atomic E-state index is -0.852. The average molecular weight is 218 g/mol. The van der Waals surface area contributed by atoms with Crippen molar-refractivity contribution in [3.05, 3.63) is 0 Å². The molecule has 90 valence electrons. The van der Waals surface area contributed by atoms with E-state index in [1.807, 2.05) is 27.7 Å². The Labute approximate surface area is 91.2 Å². The molecule has 0 saturated carbocycles. The Bertz CT molecular complexity index is 195. The van der Waals surface area contributed by atoms with Crippen molar-refractivity contribution in [1.29, 1.82) is 0 Å². The van der Waals surface area contributed by atoms with Gasteiger partial charge in [0.05, 0.1) is 24.9 Å². The first-order valence-electron chi connectivity index (χ1n) is 5.56. The molecule has 0 aliphatic carbocycles. The van der Waals surface area contributed by atoms with Crippen molar-refractivity contribution >= 4 is 0 Å². The molecular weight excluding hydrogens is 196 g/mol. The molecule has 1 aliphatic heterocycles. The van der Waals surface area contributed by atoms with Gasteiger partial charge >= 0.3 is 0 Å². The lowest BCUT2D eigenvalue weighted by atomic mass is 9.89. The normalized spacial score (nSPS) is 42.2. The van der Waals surface area contributed by atoms with Crippen LogP contribution in [0.1, 0.15) is 27.7 Å². The summed E-state index contributed by atoms with van der Waals surface area (Å²) < 4.78 is 11.0. The molecule has 4 heteroatoms. The van der Waals surface area contributed by atoms with Gasteiger partial charge in [-0.2, -0.15) is 0 Å². The van der Waals surface area contributed by atoms with E-state index < -0.39 is 18.3 Å². The monoisotopic (exact) mass is 218 g/mol. The van der Waals surface area contributed by atoms with Crippen LogP contribution >= 0.6 is 0 Å². The van der Waals surface area contributed by atoms with Gasteiger partial charge in [-0.15, -0.1) is 0 Å². The van der Waals surface area contributed by atoms with Crippen molar-refractivity contribution in [3.63, 3.8) is 0 Å². The molecule has 0 aromatic rings. The van der Waals surface area contributed by atoms with Crippen LogP contribution in [0.3, 0.4) is 0 Å². The zero-order chi connectivity index (χ0) is 11.6. The van der Waals surface area contributed by atoms with Crippen LogP contribution in [0.15, 0.2) is 0 Å². The molecule has 1 saturated heterocycles. The molecule has 0 aromatic carbocycles. The van der Waals surface area contributed by atoms with Crippen LogP contribution in [0.2, 0.25) is 0 Å². The van der Waals surface area contributed by atoms with Gasteiger partial charge in [0.2, 0.25) is 0 Å². The second-order valence-electron chi connectivity index (χ2n) is 4.60. The predicted octanol–water partition coefficient (Wildman–Crippen LogP) is 0.557. The topological polar surface area (TPSA) is 58.9 Å². The van der Waals surface area contributed by atoms with E-state index >= 15 is 0 Å². The van der Waals surface area contributed by atoms with Gasteiger partial charge in [0.15, 0.2) is 0 Å². The summed E-state index contributed by atoms with van der Waals surface area (Å²) in [5.74, 6) is -0.0460. The van der Waals surface area contributed by atoms with Crippen LogP contribution in [-0.4, -0.2) is 47.3 Å². The van der Waals surface area contributed by atoms with Gasteiger partial charge < -0.3 is 19.7 Å². The summed E-state index contributed by atoms with van der Waals surface area (Å²) >= 11 is 0. The van der Waals surface area contributed by atoms with Gasteiger partial charge in [-0.3, -0.25) is 0 Å². The van der Waals surface area contributed by atoms with E-state index in [1.165, 1.54) is 0 Å². The number of aliphatic hydroxyl groups excluding tert-OH is 2. The maximum atomic E-state index is 9.78. The van der Waals surface area contributed by atoms with Crippen LogP contribution < -0.4 is 0 Å². The molecule has 1 unspecified atom stereocenters. The average Bonchev–Trinajstić information content (AvgIpc) is 2.18. The fraction of sp³-hybridized carbons (Fsp3) is 1.00. The smallest absolute Gasteiger partial charge is 0.110 e. The third-order valence-corrected chi connectivity index (χ3v) is 2.99. The molecule has 1 rings (SSSR count). The number of ether oxygens (including phenoxy) is 2. The highest BCUT2D eigenvalue weighted by Gasteiger charge is 2.40. The molecule has 2 N–H and O–H groups in total. The van der Waals surface area contributed by atoms with Gasteiger partial charge in [0.1, 0.15) is 12.2 Å². The number of rotatable bonds is 3. The Morgan fingerprint density at radius 3 is 2.33 bits per heavy atom. The van der Waals surface area contributed by atoms with E-state index in [2.05, 4.69) is 0 Å². The Kier molecular flexibility index (Phi) is 4.52. The molecule has 4 nitrogen and oxygen atoms in total. The first kappa shape index (κ1) is 12.9. The van der Waals surface area contributed by atoms with Gasteiger partial charge in [-0.05, 0) is 20.8 Å². The zero-order valence-corrected chi connectivity index (χ0v) is 9.88. The Morgan fingerprint density at radius 2 is 1.80 bits per heavy atom. The van der Waals surface area contributed by atoms with Crippen LogP contribution in [0.5, 0.6) is 0 Å². The summed E-state index contributed by atoms with van der Waals surface area (Å²) in [6, 6.07) is 0. The lowest BCUT2D eigenvalue weighted by Gasteiger charge is -2.40. The second-order valence-corrected chi connectivity index (χ2v) is 4.60. The van der Waals surface area contributed by atoms with E-state index in [9.17, 15) is 10.2 Å². The molecule has 0 spiro atoms. The fourth-order valence-electron chi connectivity index (χ4n) is 1.71. The Hall–Kier alpha value is -0.160. The predicted molar refractivity (Wildman–Crippen MR) is 56.6 cm³/mol. The molecule has 5 atom stereocenters. The lowest BCUT2D eigenvalue weighted by Crippen LogP contribution is -2.54. The third kappa shape index (κ3) is 3.14. The maximum Gasteiger partial charge on any atom is 0.110 e. The summed E-state index contributed by atoms with van der Waals surface area (Å²) in [6.07, 6.45) is -1.95. The van der Waals surface area contributed by atoms with Gasteiger partial charge in [-0.1, -0.05) is 6.92 Å². The molecule has 0 radical (unpaired) electrons. The Morgan fingerprint density at radius 1 is 1.20 bits per heavy atom. The summed E-state index contributed by atoms with van der Waals surface area (Å²) in [5, 5.41) is 19.6. The van der Waals surface area contributed by atoms with Crippen molar-refractivity contribution in [1.82, 2.24) is 0 Å². The van der Waals surface area contributed by atoms with E-state index in [0.29, 0.717) is 6.61 Å². The highest BCUT2D eigenvalue weighted by atomic mass is 16.6. The summed E-state index contributed by atoms with van der Waals surface area (Å²) in [7, 11) is 0. The Balaban J connectivity index is 2.51. The molecule has 1 heterocycles. The molecular formula is C11H22O4. The van der Waals surface area contributed by atoms with Crippen molar-refractivity contribution in [2.45, 2.75) is 58.2 Å². The third-order valence-electron chi connectivity index (χ3n) is 2.99. The minimum absolute atomic E-state index is 0.0460. The SMILES string of the molecule is CC(C)OC[C@H]1OC(C)[C@H](C)[C@@H](O)[C@@H]1O. The summed E-state index contributed by atoms with van der Waals surface area (Å²) in [4.78, 5) is 0. The van der Waals surface area contributed by atoms with E-state index in [0.717, 1.165) is 0 Å². The minimum Gasteiger partial charge on any atom is -0.390 e. The first-order valence-corrected chi connectivity index (χ1v) is 5.56. The largest absolute Gasteiger partial charge is 0.390 e. The van der Waals surface area contributed by atoms with Crippen molar-refractivity contribution in [2.24, 2.45) is 5.92 Å². The van der Waals surface area contributed by atoms with Crippen LogP contribution in [0.25, 0.3) is 0 Å². The van der Waals surface area contributed by atoms with Crippen molar-refractivity contribution in [2.75, 3.05) is 6.61 Å². The molecule has 0 amide bonds. The standard InChI is InChI=1S/C11H22O4/c1-6(2)14-5-9-11(13)10(12)7(3)8(4)15-9/h6-13H,5H2,1-4H3/t7-,8?,9+,10+,11+/m0/s1. The zero-order valence-electron chi connectivity index (χ0n) is 9.88. The highest BCUT2D eigenvalue weighted by molar-refractivity contribution is 4.88. The highest BCUT2D eigenvalue weighted by Crippen LogP contribution is 2.25. The second kappa shape index (κ2) is 5.25. The van der Waals surface area contributed by atoms with Crippen LogP contribution in [0.4, 0.5) is 0 Å².